The van der Waals surface area contributed by atoms with Crippen LogP contribution in [0.3, 0.4) is 0 Å². The van der Waals surface area contributed by atoms with Crippen molar-refractivity contribution in [1.29, 1.82) is 0 Å². The van der Waals surface area contributed by atoms with Crippen molar-refractivity contribution in [2.24, 2.45) is 0 Å². The lowest BCUT2D eigenvalue weighted by Gasteiger charge is -2.26. The predicted octanol–water partition coefficient (Wildman–Crippen LogP) is 4.81. The molecule has 1 heterocycles. The molecule has 1 amide bonds. The number of aliphatic hydroxyl groups is 1. The number of anilines is 1. The summed E-state index contributed by atoms with van der Waals surface area (Å²) in [5, 5.41) is 11.3. The zero-order chi connectivity index (χ0) is 25.1. The molecule has 0 radical (unpaired) electrons. The Hall–Kier alpha value is -4.39. The molecule has 1 atom stereocenters. The number of hydrogen-bond acceptors (Lipinski definition) is 6. The number of carbonyl (C=O) groups is 3. The number of Topliss-reactive ketones (excluding diaryl/α,β-unsaturated/α-hetero) is 1. The fourth-order valence-electron chi connectivity index (χ4n) is 4.18. The summed E-state index contributed by atoms with van der Waals surface area (Å²) in [4.78, 5) is 39.3. The second-order valence-corrected chi connectivity index (χ2v) is 8.05. The smallest absolute Gasteiger partial charge is 0.308 e. The van der Waals surface area contributed by atoms with Crippen molar-refractivity contribution in [2.45, 2.75) is 26.3 Å². The van der Waals surface area contributed by atoms with Gasteiger partial charge in [0.1, 0.15) is 17.3 Å². The number of methoxy groups -OCH3 is 1. The quantitative estimate of drug-likeness (QED) is 0.182. The van der Waals surface area contributed by atoms with E-state index in [2.05, 4.69) is 0 Å². The van der Waals surface area contributed by atoms with E-state index in [1.165, 1.54) is 18.9 Å². The molecule has 1 fully saturated rings. The van der Waals surface area contributed by atoms with E-state index in [0.717, 1.165) is 12.0 Å². The Labute approximate surface area is 203 Å². The minimum atomic E-state index is -0.904. The van der Waals surface area contributed by atoms with Crippen molar-refractivity contribution < 1.29 is 29.0 Å². The number of esters is 1. The van der Waals surface area contributed by atoms with Gasteiger partial charge in [0.05, 0.1) is 24.3 Å². The van der Waals surface area contributed by atoms with Crippen LogP contribution in [0.25, 0.3) is 5.76 Å². The summed E-state index contributed by atoms with van der Waals surface area (Å²) in [5.74, 6) is -1.65. The Morgan fingerprint density at radius 1 is 0.971 bits per heavy atom. The second-order valence-electron chi connectivity index (χ2n) is 8.05. The molecule has 7 heteroatoms. The van der Waals surface area contributed by atoms with Crippen LogP contribution in [-0.2, 0) is 20.8 Å². The molecule has 0 saturated carbocycles. The number of ether oxygens (including phenoxy) is 2. The third-order valence-corrected chi connectivity index (χ3v) is 5.89. The van der Waals surface area contributed by atoms with E-state index in [0.29, 0.717) is 28.3 Å². The van der Waals surface area contributed by atoms with Gasteiger partial charge < -0.3 is 14.6 Å². The highest BCUT2D eigenvalue weighted by Crippen LogP contribution is 2.43. The number of aliphatic hydroxyl groups excluding tert-OH is 1. The molecule has 1 unspecified atom stereocenters. The van der Waals surface area contributed by atoms with Crippen molar-refractivity contribution in [2.75, 3.05) is 12.0 Å². The van der Waals surface area contributed by atoms with Crippen LogP contribution in [0.1, 0.15) is 36.6 Å². The van der Waals surface area contributed by atoms with Gasteiger partial charge in [0, 0.05) is 12.6 Å². The molecule has 35 heavy (non-hydrogen) atoms. The average Bonchev–Trinajstić information content (AvgIpc) is 3.14. The Morgan fingerprint density at radius 3 is 2.23 bits per heavy atom. The maximum absolute atomic E-state index is 13.3. The fourth-order valence-corrected chi connectivity index (χ4v) is 4.18. The first-order valence-corrected chi connectivity index (χ1v) is 11.2. The Morgan fingerprint density at radius 2 is 1.63 bits per heavy atom. The number of nitrogens with zero attached hydrogens (tertiary/aromatic N) is 1. The molecule has 1 saturated heterocycles. The molecule has 1 aliphatic rings. The standard InChI is InChI=1S/C28H25NO6/c1-4-18-9-13-20(14-10-18)29-25(19-11-15-21(16-12-19)35-17(2)30)24(27(32)28(29)33)26(31)22-7-5-6-8-23(22)34-3/h5-16,25,31H,4H2,1-3H3/b26-24-. The fraction of sp³-hybridized carbons (Fsp3) is 0.179. The normalized spacial score (nSPS) is 16.9. The molecule has 4 rings (SSSR count). The number of para-hydroxylation sites is 1. The van der Waals surface area contributed by atoms with Gasteiger partial charge in [-0.2, -0.15) is 0 Å². The van der Waals surface area contributed by atoms with Gasteiger partial charge in [-0.15, -0.1) is 0 Å². The predicted molar refractivity (Wildman–Crippen MR) is 131 cm³/mol. The van der Waals surface area contributed by atoms with Gasteiger partial charge in [-0.25, -0.2) is 0 Å². The number of rotatable bonds is 6. The second kappa shape index (κ2) is 9.85. The van der Waals surface area contributed by atoms with Crippen LogP contribution in [0.4, 0.5) is 5.69 Å². The van der Waals surface area contributed by atoms with Crippen molar-refractivity contribution >= 4 is 29.1 Å². The Kier molecular flexibility index (Phi) is 6.68. The van der Waals surface area contributed by atoms with Crippen molar-refractivity contribution in [3.8, 4) is 11.5 Å². The van der Waals surface area contributed by atoms with E-state index in [1.54, 1.807) is 60.7 Å². The lowest BCUT2D eigenvalue weighted by molar-refractivity contribution is -0.132. The van der Waals surface area contributed by atoms with Crippen LogP contribution >= 0.6 is 0 Å². The van der Waals surface area contributed by atoms with Gasteiger partial charge in [0.25, 0.3) is 11.7 Å². The molecule has 3 aromatic rings. The summed E-state index contributed by atoms with van der Waals surface area (Å²) in [7, 11) is 1.46. The molecular formula is C28H25NO6. The molecule has 1 N–H and O–H groups in total. The maximum atomic E-state index is 13.3. The minimum absolute atomic E-state index is 0.0562. The summed E-state index contributed by atoms with van der Waals surface area (Å²) in [6, 6.07) is 19.7. The van der Waals surface area contributed by atoms with E-state index in [1.807, 2.05) is 19.1 Å². The zero-order valence-corrected chi connectivity index (χ0v) is 19.6. The number of carbonyl (C=O) groups excluding carboxylic acids is 3. The van der Waals surface area contributed by atoms with Gasteiger partial charge in [-0.1, -0.05) is 43.3 Å². The number of aryl methyl sites for hydroxylation is 1. The molecule has 0 spiro atoms. The summed E-state index contributed by atoms with van der Waals surface area (Å²) in [5.41, 5.74) is 2.42. The van der Waals surface area contributed by atoms with E-state index >= 15 is 0 Å². The summed E-state index contributed by atoms with van der Waals surface area (Å²) in [6.07, 6.45) is 0.827. The van der Waals surface area contributed by atoms with E-state index in [9.17, 15) is 19.5 Å². The lowest BCUT2D eigenvalue weighted by Crippen LogP contribution is -2.29. The van der Waals surface area contributed by atoms with Gasteiger partial charge in [-0.05, 0) is 53.9 Å². The molecule has 0 aromatic heterocycles. The molecule has 0 bridgehead atoms. The van der Waals surface area contributed by atoms with Crippen LogP contribution < -0.4 is 14.4 Å². The highest BCUT2D eigenvalue weighted by Gasteiger charge is 2.47. The molecule has 1 aliphatic heterocycles. The Balaban J connectivity index is 1.91. The van der Waals surface area contributed by atoms with Crippen LogP contribution in [0.5, 0.6) is 11.5 Å². The summed E-state index contributed by atoms with van der Waals surface area (Å²) in [6.45, 7) is 3.33. The number of hydrogen-bond donors (Lipinski definition) is 1. The molecule has 178 valence electrons. The topological polar surface area (TPSA) is 93.1 Å². The van der Waals surface area contributed by atoms with E-state index < -0.39 is 23.7 Å². The zero-order valence-electron chi connectivity index (χ0n) is 19.6. The first kappa shape index (κ1) is 23.8. The van der Waals surface area contributed by atoms with Crippen LogP contribution in [-0.4, -0.2) is 29.9 Å². The first-order chi connectivity index (χ1) is 16.8. The SMILES string of the molecule is CCc1ccc(N2C(=O)C(=O)/C(=C(\O)c3ccccc3OC)C2c2ccc(OC(C)=O)cc2)cc1. The van der Waals surface area contributed by atoms with Gasteiger partial charge in [0.15, 0.2) is 0 Å². The summed E-state index contributed by atoms with van der Waals surface area (Å²) >= 11 is 0. The van der Waals surface area contributed by atoms with E-state index in [4.69, 9.17) is 9.47 Å². The molecular weight excluding hydrogens is 446 g/mol. The van der Waals surface area contributed by atoms with E-state index in [-0.39, 0.29) is 11.3 Å². The van der Waals surface area contributed by atoms with Crippen molar-refractivity contribution in [1.82, 2.24) is 0 Å². The van der Waals surface area contributed by atoms with Gasteiger partial charge >= 0.3 is 5.97 Å². The summed E-state index contributed by atoms with van der Waals surface area (Å²) < 4.78 is 10.5. The first-order valence-electron chi connectivity index (χ1n) is 11.2. The molecule has 0 aliphatic carbocycles. The number of ketones is 1. The third kappa shape index (κ3) is 4.53. The minimum Gasteiger partial charge on any atom is -0.507 e. The van der Waals surface area contributed by atoms with Crippen molar-refractivity contribution in [3.05, 3.63) is 95.1 Å². The maximum Gasteiger partial charge on any atom is 0.308 e. The highest BCUT2D eigenvalue weighted by atomic mass is 16.5. The average molecular weight is 472 g/mol. The largest absolute Gasteiger partial charge is 0.507 e. The molecule has 3 aromatic carbocycles. The van der Waals surface area contributed by atoms with Crippen LogP contribution in [0.2, 0.25) is 0 Å². The Bertz CT molecular complexity index is 1310. The van der Waals surface area contributed by atoms with Crippen LogP contribution in [0, 0.1) is 0 Å². The third-order valence-electron chi connectivity index (χ3n) is 5.89. The lowest BCUT2D eigenvalue weighted by atomic mass is 9.94. The highest BCUT2D eigenvalue weighted by molar-refractivity contribution is 6.51. The van der Waals surface area contributed by atoms with Gasteiger partial charge in [0.2, 0.25) is 0 Å². The van der Waals surface area contributed by atoms with Crippen molar-refractivity contribution in [3.63, 3.8) is 0 Å². The number of benzene rings is 3. The number of amides is 1. The molecule has 7 nitrogen and oxygen atoms in total. The van der Waals surface area contributed by atoms with Crippen LogP contribution in [0.15, 0.2) is 78.4 Å². The van der Waals surface area contributed by atoms with Gasteiger partial charge in [-0.3, -0.25) is 19.3 Å². The monoisotopic (exact) mass is 471 g/mol.